The zero-order valence-electron chi connectivity index (χ0n) is 16.0. The van der Waals surface area contributed by atoms with Crippen LogP contribution in [0.4, 0.5) is 5.82 Å². The highest BCUT2D eigenvalue weighted by molar-refractivity contribution is 5.71. The number of rotatable bonds is 4. The van der Waals surface area contributed by atoms with E-state index in [2.05, 4.69) is 10.1 Å². The SMILES string of the molecule is [2H]C([2H])(OC(=O)C(C)C)[C@H]1O[C@@](C#N)(c2ccc3c(N)ncnn23)[C@H](O)[C@@H]1O. The number of hydrogen-bond acceptors (Lipinski definition) is 9. The van der Waals surface area contributed by atoms with Gasteiger partial charge in [0.05, 0.1) is 14.4 Å². The lowest BCUT2D eigenvalue weighted by Crippen LogP contribution is -2.41. The van der Waals surface area contributed by atoms with E-state index in [0.717, 1.165) is 6.33 Å². The molecule has 1 aliphatic heterocycles. The van der Waals surface area contributed by atoms with Gasteiger partial charge in [-0.25, -0.2) is 9.50 Å². The summed E-state index contributed by atoms with van der Waals surface area (Å²) in [6.07, 6.45) is -4.41. The predicted molar refractivity (Wildman–Crippen MR) is 87.4 cm³/mol. The van der Waals surface area contributed by atoms with Crippen LogP contribution in [0.3, 0.4) is 0 Å². The summed E-state index contributed by atoms with van der Waals surface area (Å²) in [6.45, 7) is 0.215. The number of nitriles is 1. The number of nitrogens with zero attached hydrogens (tertiary/aromatic N) is 4. The Balaban J connectivity index is 2.05. The number of carbonyl (C=O) groups excluding carboxylic acids is 1. The van der Waals surface area contributed by atoms with E-state index in [4.69, 9.17) is 17.9 Å². The second-order valence-corrected chi connectivity index (χ2v) is 6.18. The number of nitrogen functional groups attached to an aromatic ring is 1. The Bertz CT molecular complexity index is 959. The molecule has 0 aromatic carbocycles. The van der Waals surface area contributed by atoms with Crippen LogP contribution in [-0.4, -0.2) is 55.7 Å². The molecule has 0 saturated carbocycles. The Labute approximate surface area is 151 Å². The third-order valence-corrected chi connectivity index (χ3v) is 4.14. The molecule has 1 saturated heterocycles. The Morgan fingerprint density at radius 1 is 1.62 bits per heavy atom. The minimum atomic E-state index is -2.80. The zero-order chi connectivity index (χ0) is 20.9. The van der Waals surface area contributed by atoms with E-state index < -0.39 is 42.4 Å². The molecule has 1 fully saturated rings. The van der Waals surface area contributed by atoms with Crippen molar-refractivity contribution in [2.24, 2.45) is 5.92 Å². The van der Waals surface area contributed by atoms with Crippen LogP contribution in [0, 0.1) is 17.2 Å². The lowest BCUT2D eigenvalue weighted by molar-refractivity contribution is -0.154. The van der Waals surface area contributed by atoms with Gasteiger partial charge in [-0.15, -0.1) is 0 Å². The first kappa shape index (κ1) is 15.5. The van der Waals surface area contributed by atoms with Crippen molar-refractivity contribution in [3.05, 3.63) is 24.2 Å². The second-order valence-electron chi connectivity index (χ2n) is 6.18. The van der Waals surface area contributed by atoms with Crippen LogP contribution in [0.2, 0.25) is 0 Å². The molecule has 2 aromatic rings. The van der Waals surface area contributed by atoms with Crippen molar-refractivity contribution in [2.75, 3.05) is 12.3 Å². The summed E-state index contributed by atoms with van der Waals surface area (Å²) in [7, 11) is 0. The molecule has 4 atom stereocenters. The standard InChI is InChI=1S/C16H19N5O5/c1-8(2)15(24)25-5-10-12(22)13(23)16(6-17,26-10)11-4-3-9-14(18)19-7-20-21(9)11/h3-4,7-8,10,12-13,22-23H,5H2,1-2H3,(H2,18,19,20)/t10-,12-,13-,16+/m1/s1/i5D2. The number of aliphatic hydroxyl groups excluding tert-OH is 2. The highest BCUT2D eigenvalue weighted by Crippen LogP contribution is 2.40. The summed E-state index contributed by atoms with van der Waals surface area (Å²) in [5, 5.41) is 34.8. The number of nitrogens with two attached hydrogens (primary N) is 1. The van der Waals surface area contributed by atoms with Crippen LogP contribution in [0.5, 0.6) is 0 Å². The molecule has 10 heteroatoms. The van der Waals surface area contributed by atoms with E-state index in [1.807, 2.05) is 0 Å². The maximum atomic E-state index is 11.8. The van der Waals surface area contributed by atoms with Crippen LogP contribution >= 0.6 is 0 Å². The molecule has 138 valence electrons. The first-order valence-corrected chi connectivity index (χ1v) is 7.82. The molecule has 2 aromatic heterocycles. The van der Waals surface area contributed by atoms with Gasteiger partial charge in [0, 0.05) is 0 Å². The van der Waals surface area contributed by atoms with Crippen molar-refractivity contribution in [2.45, 2.75) is 37.8 Å². The lowest BCUT2D eigenvalue weighted by atomic mass is 9.92. The highest BCUT2D eigenvalue weighted by Gasteiger charge is 2.57. The molecule has 0 amide bonds. The molecule has 3 heterocycles. The third kappa shape index (κ3) is 2.66. The summed E-state index contributed by atoms with van der Waals surface area (Å²) in [6, 6.07) is 4.68. The van der Waals surface area contributed by atoms with Gasteiger partial charge < -0.3 is 25.4 Å². The predicted octanol–water partition coefficient (Wildman–Crippen LogP) is -0.650. The van der Waals surface area contributed by atoms with E-state index in [-0.39, 0.29) is 11.5 Å². The molecule has 0 spiro atoms. The van der Waals surface area contributed by atoms with Crippen LogP contribution < -0.4 is 5.73 Å². The molecule has 1 aliphatic rings. The normalized spacial score (nSPS) is 30.1. The average Bonchev–Trinajstić information content (AvgIpc) is 3.17. The first-order valence-electron chi connectivity index (χ1n) is 8.82. The fourth-order valence-corrected chi connectivity index (χ4v) is 2.67. The van der Waals surface area contributed by atoms with Gasteiger partial charge in [0.2, 0.25) is 5.60 Å². The number of aromatic nitrogens is 3. The van der Waals surface area contributed by atoms with Crippen LogP contribution in [0.25, 0.3) is 5.52 Å². The van der Waals surface area contributed by atoms with E-state index in [1.54, 1.807) is 6.07 Å². The van der Waals surface area contributed by atoms with Crippen molar-refractivity contribution in [3.8, 4) is 6.07 Å². The molecule has 26 heavy (non-hydrogen) atoms. The molecule has 4 N–H and O–H groups in total. The van der Waals surface area contributed by atoms with Crippen molar-refractivity contribution in [1.29, 1.82) is 5.26 Å². The lowest BCUT2D eigenvalue weighted by Gasteiger charge is -2.24. The topological polar surface area (TPSA) is 156 Å². The minimum absolute atomic E-state index is 0.0131. The number of carbonyl (C=O) groups is 1. The van der Waals surface area contributed by atoms with Crippen LogP contribution in [-0.2, 0) is 19.9 Å². The fraction of sp³-hybridized carbons (Fsp3) is 0.500. The Kier molecular flexibility index (Phi) is 3.89. The Hall–Kier alpha value is -2.74. The number of esters is 1. The fourth-order valence-electron chi connectivity index (χ4n) is 2.67. The van der Waals surface area contributed by atoms with Crippen molar-refractivity contribution in [3.63, 3.8) is 0 Å². The number of ether oxygens (including phenoxy) is 2. The molecule has 10 nitrogen and oxygen atoms in total. The summed E-state index contributed by atoms with van der Waals surface area (Å²) < 4.78 is 27.5. The van der Waals surface area contributed by atoms with Crippen molar-refractivity contribution in [1.82, 2.24) is 14.6 Å². The number of fused-ring (bicyclic) bond motifs is 1. The highest BCUT2D eigenvalue weighted by atomic mass is 16.6. The van der Waals surface area contributed by atoms with Gasteiger partial charge in [-0.1, -0.05) is 13.8 Å². The van der Waals surface area contributed by atoms with Crippen molar-refractivity contribution < 1.29 is 27.2 Å². The second kappa shape index (κ2) is 6.53. The van der Waals surface area contributed by atoms with Gasteiger partial charge in [0.25, 0.3) is 0 Å². The van der Waals surface area contributed by atoms with Crippen LogP contribution in [0.15, 0.2) is 18.5 Å². The van der Waals surface area contributed by atoms with Gasteiger partial charge in [-0.2, -0.15) is 10.4 Å². The molecule has 0 aliphatic carbocycles. The number of aliphatic hydroxyl groups is 2. The van der Waals surface area contributed by atoms with Crippen LogP contribution in [0.1, 0.15) is 22.3 Å². The molecular formula is C16H19N5O5. The smallest absolute Gasteiger partial charge is 0.308 e. The maximum Gasteiger partial charge on any atom is 0.308 e. The number of anilines is 1. The van der Waals surface area contributed by atoms with Crippen molar-refractivity contribution >= 4 is 17.3 Å². The summed E-state index contributed by atoms with van der Waals surface area (Å²) >= 11 is 0. The van der Waals surface area contributed by atoms with E-state index in [1.165, 1.54) is 30.5 Å². The Morgan fingerprint density at radius 2 is 2.35 bits per heavy atom. The zero-order valence-corrected chi connectivity index (χ0v) is 14.0. The third-order valence-electron chi connectivity index (χ3n) is 4.14. The van der Waals surface area contributed by atoms with E-state index >= 15 is 0 Å². The van der Waals surface area contributed by atoms with Gasteiger partial charge >= 0.3 is 5.97 Å². The maximum absolute atomic E-state index is 11.8. The van der Waals surface area contributed by atoms with Gasteiger partial charge in [-0.05, 0) is 12.1 Å². The minimum Gasteiger partial charge on any atom is -0.463 e. The Morgan fingerprint density at radius 3 is 3.00 bits per heavy atom. The van der Waals surface area contributed by atoms with Gasteiger partial charge in [-0.3, -0.25) is 4.79 Å². The molecule has 3 rings (SSSR count). The number of hydrogen-bond donors (Lipinski definition) is 3. The molecule has 0 radical (unpaired) electrons. The first-order chi connectivity index (χ1) is 13.0. The van der Waals surface area contributed by atoms with Gasteiger partial charge in [0.15, 0.2) is 5.82 Å². The molecular weight excluding hydrogens is 342 g/mol. The summed E-state index contributed by atoms with van der Waals surface area (Å²) in [5.74, 6) is -1.38. The molecule has 0 unspecified atom stereocenters. The monoisotopic (exact) mass is 363 g/mol. The summed E-state index contributed by atoms with van der Waals surface area (Å²) in [5.41, 5.74) is 3.93. The van der Waals surface area contributed by atoms with E-state index in [9.17, 15) is 20.3 Å². The average molecular weight is 363 g/mol. The van der Waals surface area contributed by atoms with Gasteiger partial charge in [0.1, 0.15) is 42.8 Å². The quantitative estimate of drug-likeness (QED) is 0.601. The largest absolute Gasteiger partial charge is 0.463 e. The van der Waals surface area contributed by atoms with E-state index in [0.29, 0.717) is 5.52 Å². The molecule has 0 bridgehead atoms. The summed E-state index contributed by atoms with van der Waals surface area (Å²) in [4.78, 5) is 15.6.